The Bertz CT molecular complexity index is 2880. The summed E-state index contributed by atoms with van der Waals surface area (Å²) in [6.07, 6.45) is 0. The summed E-state index contributed by atoms with van der Waals surface area (Å²) in [6, 6.07) is 61.9. The van der Waals surface area contributed by atoms with E-state index in [9.17, 15) is 0 Å². The maximum Gasteiger partial charge on any atom is 0.238 e. The third-order valence-electron chi connectivity index (χ3n) is 11.2. The molecule has 8 aromatic carbocycles. The van der Waals surface area contributed by atoms with E-state index in [0.29, 0.717) is 17.6 Å². The number of nitrogens with zero attached hydrogens (tertiary/aromatic N) is 5. The standard InChI is InChI=1S/C55H47N5/c1-36-32-38(3)51(39(4)33-36)60(52-40(5)34-37(2)35-41(52)6)46-30-28-45(29-31-46)59(50-27-17-23-43-20-13-14-25-48(43)50)55-57-53(44-21-11-8-12-22-44)56-54(58-55)49-26-16-15-24-47(49)42-18-9-7-10-19-42/h7-35H,1-6H3. The summed E-state index contributed by atoms with van der Waals surface area (Å²) >= 11 is 0. The fraction of sp³-hybridized carbons (Fsp3) is 0.109. The van der Waals surface area contributed by atoms with Gasteiger partial charge in [-0.15, -0.1) is 0 Å². The van der Waals surface area contributed by atoms with Crippen molar-refractivity contribution in [1.29, 1.82) is 0 Å². The minimum atomic E-state index is 0.526. The SMILES string of the molecule is Cc1cc(C)c(N(c2ccc(N(c3nc(-c4ccccc4)nc(-c4ccccc4-c4ccccc4)n3)c3cccc4ccccc34)cc2)c2c(C)cc(C)cc2C)c(C)c1. The summed E-state index contributed by atoms with van der Waals surface area (Å²) in [5.74, 6) is 1.72. The van der Waals surface area contributed by atoms with Crippen LogP contribution in [0.3, 0.4) is 0 Å². The second kappa shape index (κ2) is 16.1. The quantitative estimate of drug-likeness (QED) is 0.146. The van der Waals surface area contributed by atoms with Gasteiger partial charge in [-0.2, -0.15) is 9.97 Å². The monoisotopic (exact) mass is 777 g/mol. The summed E-state index contributed by atoms with van der Waals surface area (Å²) in [4.78, 5) is 20.5. The Labute approximate surface area is 353 Å². The molecule has 5 nitrogen and oxygen atoms in total. The summed E-state index contributed by atoms with van der Waals surface area (Å²) in [6.45, 7) is 13.2. The van der Waals surface area contributed by atoms with Crippen LogP contribution in [-0.2, 0) is 0 Å². The Kier molecular flexibility index (Phi) is 10.2. The predicted octanol–water partition coefficient (Wildman–Crippen LogP) is 14.8. The lowest BCUT2D eigenvalue weighted by molar-refractivity contribution is 1.02. The van der Waals surface area contributed by atoms with E-state index in [2.05, 4.69) is 203 Å². The number of fused-ring (bicyclic) bond motifs is 1. The molecular formula is C55H47N5. The molecule has 5 heteroatoms. The average Bonchev–Trinajstić information content (AvgIpc) is 3.26. The third kappa shape index (κ3) is 7.31. The highest BCUT2D eigenvalue weighted by Crippen LogP contribution is 2.45. The van der Waals surface area contributed by atoms with Gasteiger partial charge in [0.25, 0.3) is 0 Å². The molecule has 9 rings (SSSR count). The van der Waals surface area contributed by atoms with Gasteiger partial charge in [0.05, 0.1) is 17.1 Å². The zero-order valence-corrected chi connectivity index (χ0v) is 35.0. The summed E-state index contributed by atoms with van der Waals surface area (Å²) < 4.78 is 0. The Morgan fingerprint density at radius 3 is 1.43 bits per heavy atom. The minimum absolute atomic E-state index is 0.526. The Morgan fingerprint density at radius 2 is 0.833 bits per heavy atom. The molecule has 0 saturated heterocycles. The minimum Gasteiger partial charge on any atom is -0.309 e. The van der Waals surface area contributed by atoms with Gasteiger partial charge in [0, 0.05) is 27.9 Å². The number of hydrogen-bond donors (Lipinski definition) is 0. The number of anilines is 6. The molecule has 0 fully saturated rings. The first-order chi connectivity index (χ1) is 29.2. The van der Waals surface area contributed by atoms with Crippen LogP contribution in [0.2, 0.25) is 0 Å². The molecule has 0 bridgehead atoms. The van der Waals surface area contributed by atoms with Crippen LogP contribution in [0, 0.1) is 41.5 Å². The van der Waals surface area contributed by atoms with Crippen molar-refractivity contribution in [2.45, 2.75) is 41.5 Å². The van der Waals surface area contributed by atoms with Crippen molar-refractivity contribution in [3.8, 4) is 33.9 Å². The second-order valence-corrected chi connectivity index (χ2v) is 15.7. The van der Waals surface area contributed by atoms with Crippen LogP contribution in [0.25, 0.3) is 44.7 Å². The highest BCUT2D eigenvalue weighted by molar-refractivity contribution is 5.98. The average molecular weight is 778 g/mol. The molecule has 0 N–H and O–H groups in total. The van der Waals surface area contributed by atoms with Crippen LogP contribution < -0.4 is 9.80 Å². The lowest BCUT2D eigenvalue weighted by Gasteiger charge is -2.32. The molecule has 0 saturated carbocycles. The van der Waals surface area contributed by atoms with Crippen LogP contribution in [0.15, 0.2) is 176 Å². The first-order valence-electron chi connectivity index (χ1n) is 20.5. The van der Waals surface area contributed by atoms with Crippen molar-refractivity contribution in [3.05, 3.63) is 209 Å². The van der Waals surface area contributed by atoms with Gasteiger partial charge in [0.1, 0.15) is 0 Å². The molecule has 0 atom stereocenters. The fourth-order valence-corrected chi connectivity index (χ4v) is 8.79. The van der Waals surface area contributed by atoms with E-state index in [1.807, 2.05) is 24.3 Å². The maximum atomic E-state index is 5.38. The van der Waals surface area contributed by atoms with Gasteiger partial charge in [-0.1, -0.05) is 157 Å². The molecule has 0 aliphatic heterocycles. The van der Waals surface area contributed by atoms with Crippen LogP contribution in [0.5, 0.6) is 0 Å². The highest BCUT2D eigenvalue weighted by Gasteiger charge is 2.25. The van der Waals surface area contributed by atoms with E-state index < -0.39 is 0 Å². The Balaban J connectivity index is 1.28. The first kappa shape index (κ1) is 38.2. The topological polar surface area (TPSA) is 45.2 Å². The van der Waals surface area contributed by atoms with Gasteiger partial charge >= 0.3 is 0 Å². The fourth-order valence-electron chi connectivity index (χ4n) is 8.79. The van der Waals surface area contributed by atoms with Crippen LogP contribution in [0.4, 0.5) is 34.4 Å². The van der Waals surface area contributed by atoms with Crippen molar-refractivity contribution in [3.63, 3.8) is 0 Å². The van der Waals surface area contributed by atoms with Gasteiger partial charge in [-0.05, 0) is 111 Å². The molecule has 1 heterocycles. The first-order valence-corrected chi connectivity index (χ1v) is 20.5. The van der Waals surface area contributed by atoms with Crippen molar-refractivity contribution in [1.82, 2.24) is 15.0 Å². The molecule has 0 spiro atoms. The summed E-state index contributed by atoms with van der Waals surface area (Å²) in [7, 11) is 0. The van der Waals surface area contributed by atoms with Crippen LogP contribution >= 0.6 is 0 Å². The lowest BCUT2D eigenvalue weighted by Crippen LogP contribution is -2.17. The van der Waals surface area contributed by atoms with E-state index in [-0.39, 0.29) is 0 Å². The number of benzene rings is 8. The van der Waals surface area contributed by atoms with Gasteiger partial charge in [-0.3, -0.25) is 4.90 Å². The smallest absolute Gasteiger partial charge is 0.238 e. The van der Waals surface area contributed by atoms with Crippen molar-refractivity contribution < 1.29 is 0 Å². The second-order valence-electron chi connectivity index (χ2n) is 15.7. The lowest BCUT2D eigenvalue weighted by atomic mass is 9.98. The van der Waals surface area contributed by atoms with Crippen molar-refractivity contribution in [2.24, 2.45) is 0 Å². The van der Waals surface area contributed by atoms with Gasteiger partial charge < -0.3 is 4.90 Å². The molecule has 60 heavy (non-hydrogen) atoms. The van der Waals surface area contributed by atoms with E-state index in [4.69, 9.17) is 15.0 Å². The Hall–Kier alpha value is -7.37. The summed E-state index contributed by atoms with van der Waals surface area (Å²) in [5, 5.41) is 2.22. The molecule has 0 radical (unpaired) electrons. The van der Waals surface area contributed by atoms with E-state index in [1.54, 1.807) is 0 Å². The van der Waals surface area contributed by atoms with Crippen LogP contribution in [0.1, 0.15) is 33.4 Å². The Morgan fingerprint density at radius 1 is 0.367 bits per heavy atom. The largest absolute Gasteiger partial charge is 0.309 e. The number of aromatic nitrogens is 3. The van der Waals surface area contributed by atoms with Gasteiger partial charge in [0.2, 0.25) is 5.95 Å². The number of rotatable bonds is 9. The van der Waals surface area contributed by atoms with Gasteiger partial charge in [0.15, 0.2) is 11.6 Å². The van der Waals surface area contributed by atoms with Gasteiger partial charge in [-0.25, -0.2) is 4.98 Å². The molecule has 9 aromatic rings. The molecular weight excluding hydrogens is 731 g/mol. The van der Waals surface area contributed by atoms with E-state index in [1.165, 1.54) is 44.8 Å². The van der Waals surface area contributed by atoms with Crippen molar-refractivity contribution >= 4 is 45.2 Å². The van der Waals surface area contributed by atoms with Crippen LogP contribution in [-0.4, -0.2) is 15.0 Å². The normalized spacial score (nSPS) is 11.2. The molecule has 1 aromatic heterocycles. The van der Waals surface area contributed by atoms with E-state index in [0.717, 1.165) is 50.1 Å². The zero-order valence-electron chi connectivity index (χ0n) is 35.0. The zero-order chi connectivity index (χ0) is 41.3. The number of aryl methyl sites for hydroxylation is 6. The number of hydrogen-bond acceptors (Lipinski definition) is 5. The maximum absolute atomic E-state index is 5.38. The molecule has 0 aliphatic rings. The molecule has 0 aliphatic carbocycles. The molecule has 292 valence electrons. The van der Waals surface area contributed by atoms with E-state index >= 15 is 0 Å². The molecule has 0 amide bonds. The third-order valence-corrected chi connectivity index (χ3v) is 11.2. The molecule has 0 unspecified atom stereocenters. The van der Waals surface area contributed by atoms with Crippen molar-refractivity contribution in [2.75, 3.05) is 9.80 Å². The predicted molar refractivity (Wildman–Crippen MR) is 251 cm³/mol. The summed E-state index contributed by atoms with van der Waals surface area (Å²) in [5.41, 5.74) is 16.8. The highest BCUT2D eigenvalue weighted by atomic mass is 15.3.